The van der Waals surface area contributed by atoms with Crippen LogP contribution >= 0.6 is 24.8 Å². The molecule has 0 aliphatic carbocycles. The Morgan fingerprint density at radius 3 is 2.20 bits per heavy atom. The Labute approximate surface area is 189 Å². The van der Waals surface area contributed by atoms with Crippen molar-refractivity contribution in [2.45, 2.75) is 38.9 Å². The molecule has 1 unspecified atom stereocenters. The summed E-state index contributed by atoms with van der Waals surface area (Å²) in [6.45, 7) is 8.44. The minimum absolute atomic E-state index is 0. The molecule has 1 aromatic carbocycles. The number of fused-ring (bicyclic) bond motifs is 1. The van der Waals surface area contributed by atoms with Crippen LogP contribution < -0.4 is 5.32 Å². The number of nitrogens with one attached hydrogen (secondary N) is 1. The van der Waals surface area contributed by atoms with Gasteiger partial charge in [-0.2, -0.15) is 13.2 Å². The highest BCUT2D eigenvalue weighted by Crippen LogP contribution is 2.34. The number of halogens is 5. The summed E-state index contributed by atoms with van der Waals surface area (Å²) in [4.78, 5) is 17.3. The number of nitrogens with zero attached hydrogens (tertiary/aromatic N) is 2. The zero-order valence-corrected chi connectivity index (χ0v) is 19.1. The lowest BCUT2D eigenvalue weighted by Crippen LogP contribution is -2.43. The maximum absolute atomic E-state index is 13.5. The second kappa shape index (κ2) is 11.6. The van der Waals surface area contributed by atoms with Crippen LogP contribution in [0, 0.1) is 11.8 Å². The van der Waals surface area contributed by atoms with Gasteiger partial charge in [-0.3, -0.25) is 9.69 Å². The summed E-state index contributed by atoms with van der Waals surface area (Å²) in [6, 6.07) is 4.57. The predicted molar refractivity (Wildman–Crippen MR) is 117 cm³/mol. The number of amides is 1. The van der Waals surface area contributed by atoms with E-state index in [-0.39, 0.29) is 30.7 Å². The summed E-state index contributed by atoms with van der Waals surface area (Å²) in [6.07, 6.45) is -2.51. The molecule has 9 heteroatoms. The van der Waals surface area contributed by atoms with E-state index in [0.29, 0.717) is 43.6 Å². The second-order valence-corrected chi connectivity index (χ2v) is 7.83. The fourth-order valence-electron chi connectivity index (χ4n) is 4.59. The Morgan fingerprint density at radius 1 is 1.13 bits per heavy atom. The third kappa shape index (κ3) is 6.02. The molecule has 0 bridgehead atoms. The number of rotatable bonds is 5. The molecule has 2 heterocycles. The van der Waals surface area contributed by atoms with Gasteiger partial charge in [-0.1, -0.05) is 26.0 Å². The average molecular weight is 470 g/mol. The Hall–Kier alpha value is -1.02. The normalized spacial score (nSPS) is 22.5. The molecule has 30 heavy (non-hydrogen) atoms. The Morgan fingerprint density at radius 2 is 1.70 bits per heavy atom. The molecular weight excluding hydrogens is 438 g/mol. The Kier molecular flexibility index (Phi) is 10.4. The van der Waals surface area contributed by atoms with E-state index in [4.69, 9.17) is 0 Å². The van der Waals surface area contributed by atoms with Crippen LogP contribution in [0.2, 0.25) is 0 Å². The van der Waals surface area contributed by atoms with Crippen molar-refractivity contribution in [2.24, 2.45) is 11.8 Å². The van der Waals surface area contributed by atoms with E-state index in [0.717, 1.165) is 38.1 Å². The molecule has 4 nitrogen and oxygen atoms in total. The van der Waals surface area contributed by atoms with E-state index >= 15 is 0 Å². The van der Waals surface area contributed by atoms with Crippen LogP contribution in [-0.2, 0) is 11.0 Å². The van der Waals surface area contributed by atoms with Crippen molar-refractivity contribution in [3.05, 3.63) is 35.4 Å². The quantitative estimate of drug-likeness (QED) is 0.694. The maximum atomic E-state index is 13.5. The molecule has 3 atom stereocenters. The van der Waals surface area contributed by atoms with Gasteiger partial charge in [0.15, 0.2) is 0 Å². The van der Waals surface area contributed by atoms with Crippen LogP contribution in [0.4, 0.5) is 13.2 Å². The first-order valence-corrected chi connectivity index (χ1v) is 10.3. The third-order valence-corrected chi connectivity index (χ3v) is 6.27. The molecule has 3 rings (SSSR count). The van der Waals surface area contributed by atoms with E-state index in [2.05, 4.69) is 5.32 Å². The minimum Gasteiger partial charge on any atom is -0.341 e. The number of carbonyl (C=O) groups excluding carboxylic acids is 1. The molecule has 0 radical (unpaired) electrons. The summed E-state index contributed by atoms with van der Waals surface area (Å²) < 4.78 is 39.7. The first kappa shape index (κ1) is 27.0. The summed E-state index contributed by atoms with van der Waals surface area (Å²) in [7, 11) is 0. The zero-order chi connectivity index (χ0) is 20.3. The van der Waals surface area contributed by atoms with Gasteiger partial charge < -0.3 is 10.2 Å². The van der Waals surface area contributed by atoms with E-state index in [9.17, 15) is 18.0 Å². The number of hydrogen-bond donors (Lipinski definition) is 1. The summed E-state index contributed by atoms with van der Waals surface area (Å²) in [5, 5.41) is 3.42. The largest absolute Gasteiger partial charge is 0.416 e. The smallest absolute Gasteiger partial charge is 0.341 e. The maximum Gasteiger partial charge on any atom is 0.416 e. The predicted octanol–water partition coefficient (Wildman–Crippen LogP) is 4.39. The Bertz CT molecular complexity index is 672. The lowest BCUT2D eigenvalue weighted by molar-refractivity contribution is -0.139. The van der Waals surface area contributed by atoms with Crippen molar-refractivity contribution >= 4 is 30.7 Å². The monoisotopic (exact) mass is 469 g/mol. The van der Waals surface area contributed by atoms with Gasteiger partial charge in [0.2, 0.25) is 5.91 Å². The molecule has 1 amide bonds. The first-order valence-electron chi connectivity index (χ1n) is 10.3. The number of carbonyl (C=O) groups is 1. The number of likely N-dealkylation sites (tertiary alicyclic amines) is 1. The molecule has 0 aromatic heterocycles. The molecular formula is C21H32Cl2F3N3O. The molecule has 2 aliphatic rings. The summed E-state index contributed by atoms with van der Waals surface area (Å²) in [5.74, 6) is 1.12. The van der Waals surface area contributed by atoms with Gasteiger partial charge in [-0.05, 0) is 68.6 Å². The fraction of sp³-hybridized carbons (Fsp3) is 0.667. The van der Waals surface area contributed by atoms with Gasteiger partial charge >= 0.3 is 6.18 Å². The van der Waals surface area contributed by atoms with Crippen LogP contribution in [0.1, 0.15) is 43.9 Å². The van der Waals surface area contributed by atoms with Crippen molar-refractivity contribution in [3.63, 3.8) is 0 Å². The van der Waals surface area contributed by atoms with Gasteiger partial charge in [0, 0.05) is 13.1 Å². The van der Waals surface area contributed by atoms with Crippen molar-refractivity contribution in [1.29, 1.82) is 0 Å². The van der Waals surface area contributed by atoms with E-state index in [1.54, 1.807) is 6.07 Å². The number of benzene rings is 1. The highest BCUT2D eigenvalue weighted by molar-refractivity contribution is 5.85. The first-order chi connectivity index (χ1) is 13.3. The number of alkyl halides is 3. The molecule has 2 fully saturated rings. The molecule has 2 aliphatic heterocycles. The van der Waals surface area contributed by atoms with Crippen molar-refractivity contribution in [1.82, 2.24) is 15.1 Å². The molecule has 2 saturated heterocycles. The molecule has 1 N–H and O–H groups in total. The summed E-state index contributed by atoms with van der Waals surface area (Å²) in [5.41, 5.74) is -0.277. The summed E-state index contributed by atoms with van der Waals surface area (Å²) >= 11 is 0. The molecule has 0 saturated carbocycles. The van der Waals surface area contributed by atoms with Crippen LogP contribution in [0.15, 0.2) is 24.3 Å². The lowest BCUT2D eigenvalue weighted by Gasteiger charge is -2.34. The van der Waals surface area contributed by atoms with Crippen LogP contribution in [-0.4, -0.2) is 55.0 Å². The van der Waals surface area contributed by atoms with Crippen LogP contribution in [0.5, 0.6) is 0 Å². The van der Waals surface area contributed by atoms with Crippen molar-refractivity contribution in [3.8, 4) is 0 Å². The molecule has 1 aromatic rings. The fourth-order valence-corrected chi connectivity index (χ4v) is 4.59. The molecule has 0 spiro atoms. The van der Waals surface area contributed by atoms with Gasteiger partial charge in [-0.25, -0.2) is 0 Å². The minimum atomic E-state index is -4.42. The van der Waals surface area contributed by atoms with Crippen molar-refractivity contribution in [2.75, 3.05) is 39.3 Å². The third-order valence-electron chi connectivity index (χ3n) is 6.27. The number of likely N-dealkylation sites (N-methyl/N-ethyl adjacent to an activating group) is 1. The van der Waals surface area contributed by atoms with E-state index < -0.39 is 17.8 Å². The van der Waals surface area contributed by atoms with Gasteiger partial charge in [-0.15, -0.1) is 24.8 Å². The van der Waals surface area contributed by atoms with Crippen LogP contribution in [0.25, 0.3) is 0 Å². The zero-order valence-electron chi connectivity index (χ0n) is 17.5. The van der Waals surface area contributed by atoms with Gasteiger partial charge in [0.05, 0.1) is 5.56 Å². The molecule has 172 valence electrons. The second-order valence-electron chi connectivity index (χ2n) is 7.83. The topological polar surface area (TPSA) is 35.6 Å². The van der Waals surface area contributed by atoms with E-state index in [1.807, 2.05) is 23.6 Å². The SMILES string of the molecule is CCN(CC)C(C(=O)N1CC[C@@H]2CNC[C@@H]2CC1)c1cccc(C(F)(F)F)c1.Cl.Cl. The highest BCUT2D eigenvalue weighted by Gasteiger charge is 2.37. The lowest BCUT2D eigenvalue weighted by atomic mass is 9.92. The van der Waals surface area contributed by atoms with Gasteiger partial charge in [0.25, 0.3) is 0 Å². The van der Waals surface area contributed by atoms with Crippen molar-refractivity contribution < 1.29 is 18.0 Å². The van der Waals surface area contributed by atoms with E-state index in [1.165, 1.54) is 6.07 Å². The highest BCUT2D eigenvalue weighted by atomic mass is 35.5. The van der Waals surface area contributed by atoms with Crippen LogP contribution in [0.3, 0.4) is 0 Å². The Balaban J connectivity index is 0.00000225. The standard InChI is InChI=1S/C21H30F3N3O.2ClH/c1-3-26(4-2)19(15-6-5-7-18(12-15)21(22,23)24)20(28)27-10-8-16-13-25-14-17(16)9-11-27;;/h5-7,12,16-17,19,25H,3-4,8-11,13-14H2,1-2H3;2*1H/t16-,17+,19?;;. The average Bonchev–Trinajstić information content (AvgIpc) is 3.03. The number of hydrogen-bond acceptors (Lipinski definition) is 3. The van der Waals surface area contributed by atoms with Gasteiger partial charge in [0.1, 0.15) is 6.04 Å².